The van der Waals surface area contributed by atoms with Crippen molar-refractivity contribution in [2.75, 3.05) is 12.8 Å². The molecule has 1 aromatic carbocycles. The lowest BCUT2D eigenvalue weighted by molar-refractivity contribution is 0.416. The average molecular weight is 281 g/mol. The normalized spacial score (nSPS) is 10.7. The molecule has 0 unspecified atom stereocenters. The van der Waals surface area contributed by atoms with Gasteiger partial charge in [-0.05, 0) is 31.0 Å². The molecule has 0 aliphatic heterocycles. The predicted octanol–water partition coefficient (Wildman–Crippen LogP) is 3.93. The highest BCUT2D eigenvalue weighted by Gasteiger charge is 2.19. The Kier molecular flexibility index (Phi) is 4.32. The summed E-state index contributed by atoms with van der Waals surface area (Å²) in [6.45, 7) is 2.13. The van der Waals surface area contributed by atoms with Gasteiger partial charge in [-0.15, -0.1) is 0 Å². The predicted molar refractivity (Wildman–Crippen MR) is 76.5 cm³/mol. The minimum Gasteiger partial charge on any atom is -0.496 e. The molecule has 1 heterocycles. The van der Waals surface area contributed by atoms with Crippen molar-refractivity contribution in [1.82, 2.24) is 5.16 Å². The van der Waals surface area contributed by atoms with Gasteiger partial charge in [0.15, 0.2) is 0 Å². The van der Waals surface area contributed by atoms with Crippen LogP contribution >= 0.6 is 11.6 Å². The van der Waals surface area contributed by atoms with E-state index in [1.54, 1.807) is 13.2 Å². The lowest BCUT2D eigenvalue weighted by Crippen LogP contribution is -1.94. The third kappa shape index (κ3) is 2.84. The molecule has 0 bridgehead atoms. The summed E-state index contributed by atoms with van der Waals surface area (Å²) in [5, 5.41) is 4.66. The Morgan fingerprint density at radius 1 is 1.42 bits per heavy atom. The maximum absolute atomic E-state index is 6.05. The molecule has 0 saturated carbocycles. The first-order valence-corrected chi connectivity index (χ1v) is 6.63. The number of nitrogens with zero attached hydrogens (tertiary/aromatic N) is 1. The second-order valence-corrected chi connectivity index (χ2v) is 4.75. The summed E-state index contributed by atoms with van der Waals surface area (Å²) in [6.07, 6.45) is 2.93. The quantitative estimate of drug-likeness (QED) is 0.901. The zero-order chi connectivity index (χ0) is 13.8. The fourth-order valence-corrected chi connectivity index (χ4v) is 2.19. The van der Waals surface area contributed by atoms with Crippen LogP contribution in [0.3, 0.4) is 0 Å². The molecular formula is C14H17ClN2O2. The number of benzene rings is 1. The van der Waals surface area contributed by atoms with Crippen LogP contribution < -0.4 is 10.5 Å². The number of anilines is 1. The first-order valence-electron chi connectivity index (χ1n) is 6.25. The first kappa shape index (κ1) is 13.7. The van der Waals surface area contributed by atoms with Crippen molar-refractivity contribution in [3.63, 3.8) is 0 Å². The molecule has 0 radical (unpaired) electrons. The van der Waals surface area contributed by atoms with Crippen LogP contribution in [0.1, 0.15) is 25.5 Å². The molecule has 0 spiro atoms. The molecular weight excluding hydrogens is 264 g/mol. The fourth-order valence-electron chi connectivity index (χ4n) is 2.02. The molecule has 1 aromatic heterocycles. The van der Waals surface area contributed by atoms with Gasteiger partial charge in [-0.25, -0.2) is 0 Å². The molecule has 2 N–H and O–H groups in total. The molecule has 5 heteroatoms. The van der Waals surface area contributed by atoms with Crippen LogP contribution in [-0.2, 0) is 6.42 Å². The molecule has 0 amide bonds. The van der Waals surface area contributed by atoms with Gasteiger partial charge in [0.05, 0.1) is 18.4 Å². The van der Waals surface area contributed by atoms with Crippen molar-refractivity contribution in [3.05, 3.63) is 28.9 Å². The monoisotopic (exact) mass is 280 g/mol. The molecule has 0 fully saturated rings. The van der Waals surface area contributed by atoms with E-state index >= 15 is 0 Å². The number of ether oxygens (including phenoxy) is 1. The maximum Gasteiger partial charge on any atom is 0.230 e. The SMILES string of the molecule is CCCCc1noc(N)c1-c1cc(Cl)ccc1OC. The summed E-state index contributed by atoms with van der Waals surface area (Å²) in [5.74, 6) is 1.00. The van der Waals surface area contributed by atoms with E-state index in [4.69, 9.17) is 26.6 Å². The number of hydrogen-bond donors (Lipinski definition) is 1. The Bertz CT molecular complexity index is 567. The standard InChI is InChI=1S/C14H17ClN2O2/c1-3-4-5-11-13(14(16)19-17-11)10-8-9(15)6-7-12(10)18-2/h6-8H,3-5,16H2,1-2H3. The lowest BCUT2D eigenvalue weighted by Gasteiger charge is -2.09. The fraction of sp³-hybridized carbons (Fsp3) is 0.357. The molecule has 0 aliphatic carbocycles. The summed E-state index contributed by atoms with van der Waals surface area (Å²) >= 11 is 6.05. The number of hydrogen-bond acceptors (Lipinski definition) is 4. The number of nitrogen functional groups attached to an aromatic ring is 1. The molecule has 2 aromatic rings. The minimum absolute atomic E-state index is 0.298. The third-order valence-electron chi connectivity index (χ3n) is 2.99. The topological polar surface area (TPSA) is 61.3 Å². The van der Waals surface area contributed by atoms with Crippen LogP contribution in [0, 0.1) is 0 Å². The molecule has 102 valence electrons. The number of aromatic nitrogens is 1. The number of halogens is 1. The van der Waals surface area contributed by atoms with Crippen LogP contribution in [0.4, 0.5) is 5.88 Å². The van der Waals surface area contributed by atoms with Gasteiger partial charge in [-0.3, -0.25) is 0 Å². The van der Waals surface area contributed by atoms with Gasteiger partial charge in [-0.1, -0.05) is 30.1 Å². The summed E-state index contributed by atoms with van der Waals surface area (Å²) in [4.78, 5) is 0. The summed E-state index contributed by atoms with van der Waals surface area (Å²) in [7, 11) is 1.61. The van der Waals surface area contributed by atoms with Crippen molar-refractivity contribution < 1.29 is 9.26 Å². The molecule has 4 nitrogen and oxygen atoms in total. The summed E-state index contributed by atoms with van der Waals surface area (Å²) < 4.78 is 10.5. The van der Waals surface area contributed by atoms with Gasteiger partial charge in [0, 0.05) is 10.6 Å². The second kappa shape index (κ2) is 5.97. The van der Waals surface area contributed by atoms with Crippen molar-refractivity contribution in [1.29, 1.82) is 0 Å². The van der Waals surface area contributed by atoms with Gasteiger partial charge >= 0.3 is 0 Å². The van der Waals surface area contributed by atoms with Crippen molar-refractivity contribution in [2.45, 2.75) is 26.2 Å². The number of methoxy groups -OCH3 is 1. The smallest absolute Gasteiger partial charge is 0.230 e. The van der Waals surface area contributed by atoms with Crippen LogP contribution in [-0.4, -0.2) is 12.3 Å². The molecule has 2 rings (SSSR count). The van der Waals surface area contributed by atoms with Crippen molar-refractivity contribution in [2.24, 2.45) is 0 Å². The van der Waals surface area contributed by atoms with Crippen molar-refractivity contribution >= 4 is 17.5 Å². The number of rotatable bonds is 5. The van der Waals surface area contributed by atoms with Crippen LogP contribution in [0.25, 0.3) is 11.1 Å². The Morgan fingerprint density at radius 2 is 2.21 bits per heavy atom. The maximum atomic E-state index is 6.05. The van der Waals surface area contributed by atoms with Crippen LogP contribution in [0.2, 0.25) is 5.02 Å². The molecule has 0 saturated heterocycles. The van der Waals surface area contributed by atoms with Gasteiger partial charge in [-0.2, -0.15) is 0 Å². The summed E-state index contributed by atoms with van der Waals surface area (Å²) in [5.41, 5.74) is 8.34. The Balaban J connectivity index is 2.51. The summed E-state index contributed by atoms with van der Waals surface area (Å²) in [6, 6.07) is 5.41. The van der Waals surface area contributed by atoms with E-state index in [0.29, 0.717) is 16.7 Å². The minimum atomic E-state index is 0.298. The van der Waals surface area contributed by atoms with E-state index in [-0.39, 0.29) is 0 Å². The van der Waals surface area contributed by atoms with E-state index in [2.05, 4.69) is 12.1 Å². The zero-order valence-corrected chi connectivity index (χ0v) is 11.8. The average Bonchev–Trinajstić information content (AvgIpc) is 2.77. The van der Waals surface area contributed by atoms with Gasteiger partial charge in [0.2, 0.25) is 5.88 Å². The van der Waals surface area contributed by atoms with Crippen LogP contribution in [0.15, 0.2) is 22.7 Å². The zero-order valence-electron chi connectivity index (χ0n) is 11.1. The van der Waals surface area contributed by atoms with Crippen molar-refractivity contribution in [3.8, 4) is 16.9 Å². The second-order valence-electron chi connectivity index (χ2n) is 4.32. The Morgan fingerprint density at radius 3 is 2.89 bits per heavy atom. The van der Waals surface area contributed by atoms with Gasteiger partial charge in [0.25, 0.3) is 0 Å². The highest BCUT2D eigenvalue weighted by Crippen LogP contribution is 2.38. The Labute approximate surface area is 117 Å². The number of unbranched alkanes of at least 4 members (excludes halogenated alkanes) is 1. The molecule has 0 atom stereocenters. The van der Waals surface area contributed by atoms with E-state index in [1.807, 2.05) is 12.1 Å². The molecule has 19 heavy (non-hydrogen) atoms. The Hall–Kier alpha value is -1.68. The highest BCUT2D eigenvalue weighted by atomic mass is 35.5. The van der Waals surface area contributed by atoms with E-state index in [1.165, 1.54) is 0 Å². The lowest BCUT2D eigenvalue weighted by atomic mass is 10.0. The largest absolute Gasteiger partial charge is 0.496 e. The van der Waals surface area contributed by atoms with E-state index in [9.17, 15) is 0 Å². The number of aryl methyl sites for hydroxylation is 1. The third-order valence-corrected chi connectivity index (χ3v) is 3.22. The van der Waals surface area contributed by atoms with E-state index < -0.39 is 0 Å². The number of nitrogens with two attached hydrogens (primary N) is 1. The van der Waals surface area contributed by atoms with Gasteiger partial charge in [0.1, 0.15) is 5.75 Å². The van der Waals surface area contributed by atoms with Gasteiger partial charge < -0.3 is 15.0 Å². The highest BCUT2D eigenvalue weighted by molar-refractivity contribution is 6.31. The van der Waals surface area contributed by atoms with Crippen LogP contribution in [0.5, 0.6) is 5.75 Å². The molecule has 0 aliphatic rings. The van der Waals surface area contributed by atoms with E-state index in [0.717, 1.165) is 36.1 Å². The first-order chi connectivity index (χ1) is 9.17.